The Kier molecular flexibility index (Phi) is 9.05. The fourth-order valence-electron chi connectivity index (χ4n) is 4.15. The Labute approximate surface area is 202 Å². The minimum atomic E-state index is -1.80. The van der Waals surface area contributed by atoms with Crippen LogP contribution in [0.2, 0.25) is 18.1 Å². The lowest BCUT2D eigenvalue weighted by molar-refractivity contribution is -0.117. The van der Waals surface area contributed by atoms with E-state index in [1.54, 1.807) is 0 Å². The summed E-state index contributed by atoms with van der Waals surface area (Å²) < 4.78 is 6.59. The topological polar surface area (TPSA) is 32.8 Å². The molecule has 1 aliphatic heterocycles. The van der Waals surface area contributed by atoms with Crippen LogP contribution in [0.15, 0.2) is 60.7 Å². The van der Waals surface area contributed by atoms with E-state index in [0.717, 1.165) is 39.2 Å². The number of carbonyl (C=O) groups excluding carboxylic acids is 1. The van der Waals surface area contributed by atoms with Gasteiger partial charge in [0.2, 0.25) is 0 Å². The second-order valence-electron chi connectivity index (χ2n) is 11.0. The van der Waals surface area contributed by atoms with Crippen LogP contribution >= 0.6 is 0 Å². The van der Waals surface area contributed by atoms with Gasteiger partial charge in [0.05, 0.1) is 6.54 Å². The van der Waals surface area contributed by atoms with E-state index >= 15 is 0 Å². The molecule has 180 valence electrons. The molecule has 0 radical (unpaired) electrons. The first kappa shape index (κ1) is 25.8. The van der Waals surface area contributed by atoms with Crippen molar-refractivity contribution in [1.82, 2.24) is 9.80 Å². The van der Waals surface area contributed by atoms with Crippen LogP contribution in [0.4, 0.5) is 0 Å². The standard InChI is InChI=1S/C28H42N2O2Si/c1-28(2,3)33(4,5)32-19-17-26(22-29-18-16-27(31)23-29)30(20-24-12-8-6-9-13-24)21-25-14-10-7-11-15-25/h6-15,26H,16-23H2,1-5H3/t26-/m0/s1. The highest BCUT2D eigenvalue weighted by molar-refractivity contribution is 6.74. The largest absolute Gasteiger partial charge is 0.417 e. The maximum Gasteiger partial charge on any atom is 0.191 e. The molecule has 1 fully saturated rings. The van der Waals surface area contributed by atoms with Crippen LogP contribution in [0.5, 0.6) is 0 Å². The van der Waals surface area contributed by atoms with Crippen LogP contribution in [-0.4, -0.2) is 56.2 Å². The normalized spacial score (nSPS) is 16.5. The molecule has 1 aliphatic rings. The highest BCUT2D eigenvalue weighted by atomic mass is 28.4. The van der Waals surface area contributed by atoms with Crippen molar-refractivity contribution in [2.24, 2.45) is 0 Å². The number of hydrogen-bond donors (Lipinski definition) is 0. The second kappa shape index (κ2) is 11.6. The van der Waals surface area contributed by atoms with Gasteiger partial charge in [-0.1, -0.05) is 81.4 Å². The molecule has 0 saturated carbocycles. The number of ketones is 1. The maximum atomic E-state index is 12.0. The molecule has 0 spiro atoms. The highest BCUT2D eigenvalue weighted by Gasteiger charge is 2.37. The third kappa shape index (κ3) is 7.89. The van der Waals surface area contributed by atoms with Gasteiger partial charge in [-0.2, -0.15) is 0 Å². The first-order chi connectivity index (χ1) is 15.6. The van der Waals surface area contributed by atoms with Crippen molar-refractivity contribution < 1.29 is 9.22 Å². The lowest BCUT2D eigenvalue weighted by Crippen LogP contribution is -2.45. The molecule has 1 atom stereocenters. The van der Waals surface area contributed by atoms with Crippen molar-refractivity contribution in [3.63, 3.8) is 0 Å². The smallest absolute Gasteiger partial charge is 0.191 e. The summed E-state index contributed by atoms with van der Waals surface area (Å²) in [6, 6.07) is 21.8. The third-order valence-corrected chi connectivity index (χ3v) is 11.8. The van der Waals surface area contributed by atoms with Crippen molar-refractivity contribution >= 4 is 14.1 Å². The zero-order chi connectivity index (χ0) is 23.9. The molecule has 0 aliphatic carbocycles. The molecule has 33 heavy (non-hydrogen) atoms. The zero-order valence-corrected chi connectivity index (χ0v) is 22.2. The molecule has 0 N–H and O–H groups in total. The number of Topliss-reactive ketones (excluding diaryl/α,β-unsaturated/α-hetero) is 1. The predicted molar refractivity (Wildman–Crippen MR) is 140 cm³/mol. The van der Waals surface area contributed by atoms with E-state index in [0.29, 0.717) is 24.8 Å². The lowest BCUT2D eigenvalue weighted by atomic mass is 10.1. The van der Waals surface area contributed by atoms with Gasteiger partial charge in [0.15, 0.2) is 8.32 Å². The molecule has 0 unspecified atom stereocenters. The number of hydrogen-bond acceptors (Lipinski definition) is 4. The molecule has 1 saturated heterocycles. The van der Waals surface area contributed by atoms with E-state index in [1.807, 2.05) is 0 Å². The zero-order valence-electron chi connectivity index (χ0n) is 21.2. The van der Waals surface area contributed by atoms with Gasteiger partial charge in [0, 0.05) is 45.2 Å². The lowest BCUT2D eigenvalue weighted by Gasteiger charge is -2.38. The number of carbonyl (C=O) groups is 1. The number of nitrogens with zero attached hydrogens (tertiary/aromatic N) is 2. The highest BCUT2D eigenvalue weighted by Crippen LogP contribution is 2.36. The van der Waals surface area contributed by atoms with Crippen molar-refractivity contribution in [2.75, 3.05) is 26.2 Å². The summed E-state index contributed by atoms with van der Waals surface area (Å²) in [6.45, 7) is 16.5. The molecule has 0 amide bonds. The molecule has 0 aromatic heterocycles. The minimum Gasteiger partial charge on any atom is -0.417 e. The summed E-state index contributed by atoms with van der Waals surface area (Å²) in [6.07, 6.45) is 1.65. The van der Waals surface area contributed by atoms with E-state index in [-0.39, 0.29) is 5.04 Å². The molecule has 2 aromatic carbocycles. The summed E-state index contributed by atoms with van der Waals surface area (Å²) >= 11 is 0. The monoisotopic (exact) mass is 466 g/mol. The molecule has 3 rings (SSSR count). The summed E-state index contributed by atoms with van der Waals surface area (Å²) in [5.41, 5.74) is 2.64. The molecule has 2 aromatic rings. The van der Waals surface area contributed by atoms with Crippen molar-refractivity contribution in [3.05, 3.63) is 71.8 Å². The Balaban J connectivity index is 1.79. The van der Waals surface area contributed by atoms with Crippen molar-refractivity contribution in [1.29, 1.82) is 0 Å². The van der Waals surface area contributed by atoms with E-state index in [9.17, 15) is 4.79 Å². The third-order valence-electron chi connectivity index (χ3n) is 7.27. The number of benzene rings is 2. The van der Waals surface area contributed by atoms with Crippen molar-refractivity contribution in [3.8, 4) is 0 Å². The predicted octanol–water partition coefficient (Wildman–Crippen LogP) is 5.74. The van der Waals surface area contributed by atoms with Gasteiger partial charge in [-0.25, -0.2) is 0 Å². The Bertz CT molecular complexity index is 823. The van der Waals surface area contributed by atoms with Crippen LogP contribution in [0, 0.1) is 0 Å². The summed E-state index contributed by atoms with van der Waals surface area (Å²) in [5, 5.41) is 0.206. The van der Waals surface area contributed by atoms with Gasteiger partial charge in [0.25, 0.3) is 0 Å². The molecule has 1 heterocycles. The van der Waals surface area contributed by atoms with Crippen LogP contribution in [0.25, 0.3) is 0 Å². The van der Waals surface area contributed by atoms with Crippen LogP contribution in [0.1, 0.15) is 44.7 Å². The SMILES string of the molecule is CC(C)(C)[Si](C)(C)OCC[C@@H](CN1CCC(=O)C1)N(Cc1ccccc1)Cc1ccccc1. The molecule has 0 bridgehead atoms. The van der Waals surface area contributed by atoms with E-state index < -0.39 is 8.32 Å². The van der Waals surface area contributed by atoms with Gasteiger partial charge < -0.3 is 4.43 Å². The summed E-state index contributed by atoms with van der Waals surface area (Å²) in [7, 11) is -1.80. The first-order valence-corrected chi connectivity index (χ1v) is 15.2. The first-order valence-electron chi connectivity index (χ1n) is 12.3. The van der Waals surface area contributed by atoms with E-state index in [4.69, 9.17) is 4.43 Å². The van der Waals surface area contributed by atoms with Gasteiger partial charge in [-0.05, 0) is 35.7 Å². The average Bonchev–Trinajstić information content (AvgIpc) is 3.18. The Hall–Kier alpha value is -1.79. The average molecular weight is 467 g/mol. The summed E-state index contributed by atoms with van der Waals surface area (Å²) in [5.74, 6) is 0.365. The second-order valence-corrected chi connectivity index (χ2v) is 15.8. The Morgan fingerprint density at radius 3 is 1.97 bits per heavy atom. The minimum absolute atomic E-state index is 0.206. The quantitative estimate of drug-likeness (QED) is 0.395. The van der Waals surface area contributed by atoms with Gasteiger partial charge >= 0.3 is 0 Å². The molecular weight excluding hydrogens is 424 g/mol. The Morgan fingerprint density at radius 2 is 1.52 bits per heavy atom. The van der Waals surface area contributed by atoms with Gasteiger partial charge in [0.1, 0.15) is 5.78 Å². The van der Waals surface area contributed by atoms with E-state index in [2.05, 4.69) is 104 Å². The van der Waals surface area contributed by atoms with Crippen molar-refractivity contribution in [2.45, 2.75) is 70.9 Å². The van der Waals surface area contributed by atoms with Crippen LogP contribution in [-0.2, 0) is 22.3 Å². The van der Waals surface area contributed by atoms with Gasteiger partial charge in [-0.15, -0.1) is 0 Å². The molecule has 5 heteroatoms. The van der Waals surface area contributed by atoms with Gasteiger partial charge in [-0.3, -0.25) is 14.6 Å². The fourth-order valence-corrected chi connectivity index (χ4v) is 5.21. The van der Waals surface area contributed by atoms with Crippen LogP contribution in [0.3, 0.4) is 0 Å². The number of rotatable bonds is 11. The fraction of sp³-hybridized carbons (Fsp3) is 0.536. The molecular formula is C28H42N2O2Si. The number of likely N-dealkylation sites (tertiary alicyclic amines) is 1. The maximum absolute atomic E-state index is 12.0. The molecule has 4 nitrogen and oxygen atoms in total. The van der Waals surface area contributed by atoms with Crippen LogP contribution < -0.4 is 0 Å². The Morgan fingerprint density at radius 1 is 0.970 bits per heavy atom. The van der Waals surface area contributed by atoms with E-state index in [1.165, 1.54) is 11.1 Å². The summed E-state index contributed by atoms with van der Waals surface area (Å²) in [4.78, 5) is 16.9.